The summed E-state index contributed by atoms with van der Waals surface area (Å²) in [4.78, 5) is 13.9. The number of imidazole rings is 1. The molecular formula is C10H18N4O. The molecular weight excluding hydrogens is 192 g/mol. The molecule has 1 saturated heterocycles. The first-order chi connectivity index (χ1) is 7.18. The van der Waals surface area contributed by atoms with Gasteiger partial charge in [-0.1, -0.05) is 0 Å². The van der Waals surface area contributed by atoms with Crippen molar-refractivity contribution in [1.82, 2.24) is 19.4 Å². The Hall–Kier alpha value is -1.07. The Morgan fingerprint density at radius 3 is 2.53 bits per heavy atom. The van der Waals surface area contributed by atoms with Crippen molar-refractivity contribution in [2.45, 2.75) is 6.54 Å². The van der Waals surface area contributed by atoms with E-state index < -0.39 is 0 Å². The zero-order chi connectivity index (χ0) is 10.8. The second-order valence-electron chi connectivity index (χ2n) is 4.10. The standard InChI is InChI=1S/C10H18N4O/c1-12-7-9(13(2)10(12)15)8-14-5-3-11-4-6-14/h7,11H,3-6,8H2,1-2H3. The molecule has 1 aromatic heterocycles. The molecule has 1 aliphatic rings. The van der Waals surface area contributed by atoms with Crippen LogP contribution in [0, 0.1) is 0 Å². The summed E-state index contributed by atoms with van der Waals surface area (Å²) in [5, 5.41) is 3.32. The van der Waals surface area contributed by atoms with Crippen molar-refractivity contribution in [2.75, 3.05) is 26.2 Å². The molecule has 0 unspecified atom stereocenters. The molecule has 0 saturated carbocycles. The average molecular weight is 210 g/mol. The molecule has 0 amide bonds. The van der Waals surface area contributed by atoms with Crippen molar-refractivity contribution in [3.63, 3.8) is 0 Å². The minimum absolute atomic E-state index is 0.0557. The molecule has 0 radical (unpaired) electrons. The lowest BCUT2D eigenvalue weighted by molar-refractivity contribution is 0.228. The van der Waals surface area contributed by atoms with Gasteiger partial charge in [0, 0.05) is 53.0 Å². The van der Waals surface area contributed by atoms with Gasteiger partial charge >= 0.3 is 5.69 Å². The molecule has 1 fully saturated rings. The number of aryl methyl sites for hydroxylation is 1. The first-order valence-electron chi connectivity index (χ1n) is 5.33. The molecule has 2 heterocycles. The Labute approximate surface area is 89.3 Å². The van der Waals surface area contributed by atoms with E-state index in [9.17, 15) is 4.79 Å². The van der Waals surface area contributed by atoms with E-state index in [1.165, 1.54) is 0 Å². The lowest BCUT2D eigenvalue weighted by atomic mass is 10.3. The van der Waals surface area contributed by atoms with Crippen molar-refractivity contribution >= 4 is 0 Å². The van der Waals surface area contributed by atoms with Gasteiger partial charge in [-0.3, -0.25) is 9.47 Å². The third kappa shape index (κ3) is 2.13. The normalized spacial score (nSPS) is 18.3. The van der Waals surface area contributed by atoms with Crippen molar-refractivity contribution < 1.29 is 0 Å². The first kappa shape index (κ1) is 10.4. The molecule has 0 bridgehead atoms. The number of hydrogen-bond donors (Lipinski definition) is 1. The summed E-state index contributed by atoms with van der Waals surface area (Å²) in [6.45, 7) is 5.07. The fraction of sp³-hybridized carbons (Fsp3) is 0.700. The number of hydrogen-bond acceptors (Lipinski definition) is 3. The van der Waals surface area contributed by atoms with Crippen LogP contribution in [0.4, 0.5) is 0 Å². The van der Waals surface area contributed by atoms with E-state index >= 15 is 0 Å². The van der Waals surface area contributed by atoms with Crippen LogP contribution in [0.25, 0.3) is 0 Å². The highest BCUT2D eigenvalue weighted by atomic mass is 16.1. The third-order valence-electron chi connectivity index (χ3n) is 2.96. The number of piperazine rings is 1. The zero-order valence-electron chi connectivity index (χ0n) is 9.36. The van der Waals surface area contributed by atoms with E-state index in [-0.39, 0.29) is 5.69 Å². The molecule has 15 heavy (non-hydrogen) atoms. The number of aromatic nitrogens is 2. The van der Waals surface area contributed by atoms with Gasteiger partial charge < -0.3 is 9.88 Å². The maximum Gasteiger partial charge on any atom is 0.327 e. The third-order valence-corrected chi connectivity index (χ3v) is 2.96. The van der Waals surface area contributed by atoms with Crippen molar-refractivity contribution in [3.05, 3.63) is 22.4 Å². The Kier molecular flexibility index (Phi) is 2.93. The van der Waals surface area contributed by atoms with Crippen LogP contribution in [0.2, 0.25) is 0 Å². The molecule has 1 N–H and O–H groups in total. The van der Waals surface area contributed by atoms with Crippen LogP contribution in [-0.4, -0.2) is 40.2 Å². The molecule has 1 aromatic rings. The number of nitrogens with one attached hydrogen (secondary N) is 1. The molecule has 5 heteroatoms. The highest BCUT2D eigenvalue weighted by Crippen LogP contribution is 2.02. The largest absolute Gasteiger partial charge is 0.327 e. The maximum absolute atomic E-state index is 11.5. The molecule has 0 aliphatic carbocycles. The molecule has 0 spiro atoms. The van der Waals surface area contributed by atoms with E-state index in [1.807, 2.05) is 13.2 Å². The summed E-state index contributed by atoms with van der Waals surface area (Å²) in [6, 6.07) is 0. The second-order valence-corrected chi connectivity index (χ2v) is 4.10. The molecule has 5 nitrogen and oxygen atoms in total. The highest BCUT2D eigenvalue weighted by molar-refractivity contribution is 4.99. The van der Waals surface area contributed by atoms with Gasteiger partial charge in [-0.25, -0.2) is 4.79 Å². The van der Waals surface area contributed by atoms with Gasteiger partial charge in [0.15, 0.2) is 0 Å². The average Bonchev–Trinajstić information content (AvgIpc) is 2.48. The summed E-state index contributed by atoms with van der Waals surface area (Å²) in [6.07, 6.45) is 1.92. The van der Waals surface area contributed by atoms with Gasteiger partial charge in [-0.15, -0.1) is 0 Å². The van der Waals surface area contributed by atoms with Crippen LogP contribution in [0.3, 0.4) is 0 Å². The minimum atomic E-state index is 0.0557. The predicted molar refractivity (Wildman–Crippen MR) is 58.8 cm³/mol. The molecule has 0 atom stereocenters. The fourth-order valence-electron chi connectivity index (χ4n) is 1.97. The van der Waals surface area contributed by atoms with E-state index in [1.54, 1.807) is 16.2 Å². The van der Waals surface area contributed by atoms with Gasteiger partial charge in [0.1, 0.15) is 0 Å². The van der Waals surface area contributed by atoms with Gasteiger partial charge in [0.25, 0.3) is 0 Å². The van der Waals surface area contributed by atoms with Crippen LogP contribution >= 0.6 is 0 Å². The Balaban J connectivity index is 2.09. The zero-order valence-corrected chi connectivity index (χ0v) is 9.36. The number of rotatable bonds is 2. The maximum atomic E-state index is 11.5. The van der Waals surface area contributed by atoms with Crippen LogP contribution < -0.4 is 11.0 Å². The first-order valence-corrected chi connectivity index (χ1v) is 5.33. The molecule has 2 rings (SSSR count). The quantitative estimate of drug-likeness (QED) is 0.690. The molecule has 1 aliphatic heterocycles. The van der Waals surface area contributed by atoms with Gasteiger partial charge in [-0.2, -0.15) is 0 Å². The van der Waals surface area contributed by atoms with E-state index in [0.29, 0.717) is 0 Å². The van der Waals surface area contributed by atoms with Gasteiger partial charge in [0.2, 0.25) is 0 Å². The summed E-state index contributed by atoms with van der Waals surface area (Å²) in [5.41, 5.74) is 1.14. The lowest BCUT2D eigenvalue weighted by Crippen LogP contribution is -2.43. The van der Waals surface area contributed by atoms with Crippen molar-refractivity contribution in [1.29, 1.82) is 0 Å². The van der Waals surface area contributed by atoms with Crippen LogP contribution in [0.15, 0.2) is 11.0 Å². The second kappa shape index (κ2) is 4.20. The minimum Gasteiger partial charge on any atom is -0.314 e. The van der Waals surface area contributed by atoms with Crippen molar-refractivity contribution in [3.8, 4) is 0 Å². The Bertz CT molecular complexity index is 387. The Morgan fingerprint density at radius 1 is 1.33 bits per heavy atom. The van der Waals surface area contributed by atoms with E-state index in [4.69, 9.17) is 0 Å². The van der Waals surface area contributed by atoms with E-state index in [2.05, 4.69) is 10.2 Å². The lowest BCUT2D eigenvalue weighted by Gasteiger charge is -2.26. The topological polar surface area (TPSA) is 42.2 Å². The van der Waals surface area contributed by atoms with Crippen LogP contribution in [0.5, 0.6) is 0 Å². The molecule has 84 valence electrons. The smallest absolute Gasteiger partial charge is 0.314 e. The van der Waals surface area contributed by atoms with E-state index in [0.717, 1.165) is 38.4 Å². The monoisotopic (exact) mass is 210 g/mol. The summed E-state index contributed by atoms with van der Waals surface area (Å²) in [7, 11) is 3.63. The summed E-state index contributed by atoms with van der Waals surface area (Å²) >= 11 is 0. The summed E-state index contributed by atoms with van der Waals surface area (Å²) < 4.78 is 3.36. The van der Waals surface area contributed by atoms with Gasteiger partial charge in [0.05, 0.1) is 5.69 Å². The number of nitrogens with zero attached hydrogens (tertiary/aromatic N) is 3. The van der Waals surface area contributed by atoms with Gasteiger partial charge in [-0.05, 0) is 0 Å². The Morgan fingerprint density at radius 2 is 2.00 bits per heavy atom. The fourth-order valence-corrected chi connectivity index (χ4v) is 1.97. The van der Waals surface area contributed by atoms with Crippen molar-refractivity contribution in [2.24, 2.45) is 14.1 Å². The predicted octanol–water partition coefficient (Wildman–Crippen LogP) is -0.871. The highest BCUT2D eigenvalue weighted by Gasteiger charge is 2.13. The SMILES string of the molecule is Cn1cc(CN2CCNCC2)n(C)c1=O. The molecule has 0 aromatic carbocycles. The van der Waals surface area contributed by atoms with Crippen LogP contribution in [0.1, 0.15) is 5.69 Å². The van der Waals surface area contributed by atoms with Crippen LogP contribution in [-0.2, 0) is 20.6 Å². The summed E-state index contributed by atoms with van der Waals surface area (Å²) in [5.74, 6) is 0.